The molecule has 0 spiro atoms. The zero-order valence-corrected chi connectivity index (χ0v) is 12.9. The number of carbonyl (C=O) groups is 1. The number of esters is 1. The van der Waals surface area contributed by atoms with Gasteiger partial charge in [0.2, 0.25) is 0 Å². The first kappa shape index (κ1) is 15.3. The molecule has 120 valence electrons. The molecule has 3 rings (SSSR count). The lowest BCUT2D eigenvalue weighted by atomic mass is 9.84. The van der Waals surface area contributed by atoms with Gasteiger partial charge in [0.05, 0.1) is 6.42 Å². The van der Waals surface area contributed by atoms with E-state index in [1.54, 1.807) is 0 Å². The van der Waals surface area contributed by atoms with E-state index in [0.717, 1.165) is 12.8 Å². The summed E-state index contributed by atoms with van der Waals surface area (Å²) in [4.78, 5) is 11.4. The number of ether oxygens (including phenoxy) is 2. The van der Waals surface area contributed by atoms with Crippen molar-refractivity contribution in [1.82, 2.24) is 0 Å². The van der Waals surface area contributed by atoms with E-state index in [1.165, 1.54) is 0 Å². The van der Waals surface area contributed by atoms with Gasteiger partial charge in [0.25, 0.3) is 0 Å². The van der Waals surface area contributed by atoms with E-state index < -0.39 is 6.17 Å². The van der Waals surface area contributed by atoms with Gasteiger partial charge < -0.3 is 9.47 Å². The molecule has 0 amide bonds. The van der Waals surface area contributed by atoms with Crippen molar-refractivity contribution in [3.63, 3.8) is 0 Å². The number of fused-ring (bicyclic) bond motifs is 1. The molecule has 0 bridgehead atoms. The molecular weight excluding hydrogens is 283 g/mol. The van der Waals surface area contributed by atoms with Crippen molar-refractivity contribution in [3.05, 3.63) is 30.3 Å². The van der Waals surface area contributed by atoms with Gasteiger partial charge in [-0.05, 0) is 43.2 Å². The number of hydrogen-bond acceptors (Lipinski definition) is 3. The number of rotatable bonds is 6. The lowest BCUT2D eigenvalue weighted by Crippen LogP contribution is -2.19. The second-order valence-electron chi connectivity index (χ2n) is 6.57. The summed E-state index contributed by atoms with van der Waals surface area (Å²) in [5, 5.41) is 0. The highest BCUT2D eigenvalue weighted by Gasteiger charge is 2.48. The van der Waals surface area contributed by atoms with Crippen LogP contribution in [0.25, 0.3) is 0 Å². The summed E-state index contributed by atoms with van der Waals surface area (Å²) in [6, 6.07) is 9.32. The molecular formula is C18H23FO3. The van der Waals surface area contributed by atoms with Crippen LogP contribution in [0, 0.1) is 17.8 Å². The van der Waals surface area contributed by atoms with Crippen molar-refractivity contribution in [2.75, 3.05) is 6.61 Å². The van der Waals surface area contributed by atoms with Crippen molar-refractivity contribution in [2.24, 2.45) is 17.8 Å². The van der Waals surface area contributed by atoms with Crippen LogP contribution < -0.4 is 4.74 Å². The van der Waals surface area contributed by atoms with Gasteiger partial charge in [-0.1, -0.05) is 25.1 Å². The summed E-state index contributed by atoms with van der Waals surface area (Å²) in [5.74, 6) is 1.81. The van der Waals surface area contributed by atoms with E-state index in [2.05, 4.69) is 6.92 Å². The van der Waals surface area contributed by atoms with Crippen molar-refractivity contribution in [1.29, 1.82) is 0 Å². The van der Waals surface area contributed by atoms with Crippen molar-refractivity contribution in [2.45, 2.75) is 44.9 Å². The predicted molar refractivity (Wildman–Crippen MR) is 81.3 cm³/mol. The number of alkyl halides is 1. The highest BCUT2D eigenvalue weighted by Crippen LogP contribution is 2.46. The molecule has 1 aromatic carbocycles. The average molecular weight is 306 g/mol. The zero-order chi connectivity index (χ0) is 15.5. The molecule has 1 aliphatic heterocycles. The van der Waals surface area contributed by atoms with Gasteiger partial charge in [0.1, 0.15) is 24.6 Å². The van der Waals surface area contributed by atoms with Crippen molar-refractivity contribution >= 4 is 5.97 Å². The summed E-state index contributed by atoms with van der Waals surface area (Å²) in [7, 11) is 0. The van der Waals surface area contributed by atoms with Crippen LogP contribution in [0.5, 0.6) is 5.75 Å². The molecule has 22 heavy (non-hydrogen) atoms. The third kappa shape index (κ3) is 3.42. The Hall–Kier alpha value is -1.58. The Morgan fingerprint density at radius 1 is 1.36 bits per heavy atom. The molecule has 4 heteroatoms. The number of benzene rings is 1. The Labute approximate surface area is 130 Å². The minimum atomic E-state index is -0.968. The number of hydrogen-bond donors (Lipinski definition) is 0. The van der Waals surface area contributed by atoms with Crippen LogP contribution in [0.4, 0.5) is 4.39 Å². The third-order valence-electron chi connectivity index (χ3n) is 5.03. The zero-order valence-electron chi connectivity index (χ0n) is 12.9. The molecule has 3 nitrogen and oxygen atoms in total. The van der Waals surface area contributed by atoms with Crippen molar-refractivity contribution in [3.8, 4) is 5.75 Å². The number of carbonyl (C=O) groups excluding carboxylic acids is 1. The molecule has 0 N–H and O–H groups in total. The maximum Gasteiger partial charge on any atom is 0.306 e. The highest BCUT2D eigenvalue weighted by atomic mass is 19.1. The van der Waals surface area contributed by atoms with E-state index in [9.17, 15) is 9.18 Å². The molecule has 5 unspecified atom stereocenters. The summed E-state index contributed by atoms with van der Waals surface area (Å²) < 4.78 is 24.9. The van der Waals surface area contributed by atoms with Crippen LogP contribution in [0.15, 0.2) is 30.3 Å². The molecule has 0 aromatic heterocycles. The predicted octanol–water partition coefficient (Wildman–Crippen LogP) is 3.77. The topological polar surface area (TPSA) is 35.5 Å². The van der Waals surface area contributed by atoms with Crippen molar-refractivity contribution < 1.29 is 18.7 Å². The quantitative estimate of drug-likeness (QED) is 0.751. The fourth-order valence-electron chi connectivity index (χ4n) is 3.90. The highest BCUT2D eigenvalue weighted by molar-refractivity contribution is 5.72. The molecule has 1 saturated heterocycles. The molecule has 0 radical (unpaired) electrons. The SMILES string of the molecule is CC1CC2OC(=O)CC2C1CCC(F)COc1ccccc1. The minimum absolute atomic E-state index is 0.0751. The van der Waals surface area contributed by atoms with Crippen LogP contribution in [-0.2, 0) is 9.53 Å². The molecule has 1 heterocycles. The normalized spacial score (nSPS) is 31.6. The van der Waals surface area contributed by atoms with Gasteiger partial charge in [-0.3, -0.25) is 4.79 Å². The van der Waals surface area contributed by atoms with Gasteiger partial charge in [0.15, 0.2) is 0 Å². The summed E-state index contributed by atoms with van der Waals surface area (Å²) in [5.41, 5.74) is 0. The van der Waals surface area contributed by atoms with Crippen LogP contribution in [0.3, 0.4) is 0 Å². The van der Waals surface area contributed by atoms with Gasteiger partial charge >= 0.3 is 5.97 Å². The maximum atomic E-state index is 14.1. The molecule has 1 aliphatic carbocycles. The summed E-state index contributed by atoms with van der Waals surface area (Å²) in [6.45, 7) is 2.28. The number of halogens is 1. The Balaban J connectivity index is 1.44. The van der Waals surface area contributed by atoms with E-state index in [4.69, 9.17) is 9.47 Å². The maximum absolute atomic E-state index is 14.1. The molecule has 5 atom stereocenters. The van der Waals surface area contributed by atoms with E-state index in [0.29, 0.717) is 36.3 Å². The van der Waals surface area contributed by atoms with Gasteiger partial charge in [-0.2, -0.15) is 0 Å². The summed E-state index contributed by atoms with van der Waals surface area (Å²) >= 11 is 0. The van der Waals surface area contributed by atoms with E-state index >= 15 is 0 Å². The smallest absolute Gasteiger partial charge is 0.306 e. The Bertz CT molecular complexity index is 504. The molecule has 2 aliphatic rings. The van der Waals surface area contributed by atoms with Crippen LogP contribution >= 0.6 is 0 Å². The number of para-hydroxylation sites is 1. The largest absolute Gasteiger partial charge is 0.491 e. The van der Waals surface area contributed by atoms with E-state index in [1.807, 2.05) is 30.3 Å². The fraction of sp³-hybridized carbons (Fsp3) is 0.611. The Kier molecular flexibility index (Phi) is 4.65. The Morgan fingerprint density at radius 3 is 2.91 bits per heavy atom. The first-order valence-corrected chi connectivity index (χ1v) is 8.15. The average Bonchev–Trinajstić information content (AvgIpc) is 2.99. The first-order valence-electron chi connectivity index (χ1n) is 8.15. The second-order valence-corrected chi connectivity index (χ2v) is 6.57. The molecule has 2 fully saturated rings. The Morgan fingerprint density at radius 2 is 2.14 bits per heavy atom. The molecule has 1 aromatic rings. The summed E-state index contributed by atoms with van der Waals surface area (Å²) in [6.07, 6.45) is 1.84. The van der Waals surface area contributed by atoms with Gasteiger partial charge in [0, 0.05) is 5.92 Å². The minimum Gasteiger partial charge on any atom is -0.491 e. The van der Waals surface area contributed by atoms with Crippen LogP contribution in [-0.4, -0.2) is 24.9 Å². The monoisotopic (exact) mass is 306 g/mol. The lowest BCUT2D eigenvalue weighted by molar-refractivity contribution is -0.141. The first-order chi connectivity index (χ1) is 10.6. The molecule has 1 saturated carbocycles. The fourth-order valence-corrected chi connectivity index (χ4v) is 3.90. The van der Waals surface area contributed by atoms with Gasteiger partial charge in [-0.25, -0.2) is 4.39 Å². The van der Waals surface area contributed by atoms with Crippen LogP contribution in [0.1, 0.15) is 32.6 Å². The van der Waals surface area contributed by atoms with E-state index in [-0.39, 0.29) is 18.7 Å². The standard InChI is InChI=1S/C18H23FO3/c1-12-9-17-16(10-18(20)22-17)15(12)8-7-13(19)11-21-14-5-3-2-4-6-14/h2-6,12-13,15-17H,7-11H2,1H3. The third-order valence-corrected chi connectivity index (χ3v) is 5.03. The van der Waals surface area contributed by atoms with Gasteiger partial charge in [-0.15, -0.1) is 0 Å². The second kappa shape index (κ2) is 6.67. The lowest BCUT2D eigenvalue weighted by Gasteiger charge is -2.21. The van der Waals surface area contributed by atoms with Crippen LogP contribution in [0.2, 0.25) is 0 Å².